The van der Waals surface area contributed by atoms with E-state index >= 15 is 0 Å². The summed E-state index contributed by atoms with van der Waals surface area (Å²) in [6.45, 7) is 4.35. The summed E-state index contributed by atoms with van der Waals surface area (Å²) >= 11 is 3.50. The molecular formula is C12H17BrO. The van der Waals surface area contributed by atoms with E-state index in [1.807, 2.05) is 6.07 Å². The molecule has 1 nitrogen and oxygen atoms in total. The predicted molar refractivity (Wildman–Crippen MR) is 64.4 cm³/mol. The minimum Gasteiger partial charge on any atom is -0.496 e. The summed E-state index contributed by atoms with van der Waals surface area (Å²) in [5.41, 5.74) is 2.60. The van der Waals surface area contributed by atoms with Crippen molar-refractivity contribution in [3.05, 3.63) is 29.3 Å². The first-order chi connectivity index (χ1) is 6.67. The van der Waals surface area contributed by atoms with Gasteiger partial charge in [-0.3, -0.25) is 0 Å². The van der Waals surface area contributed by atoms with Crippen molar-refractivity contribution in [3.63, 3.8) is 0 Å². The van der Waals surface area contributed by atoms with Gasteiger partial charge in [-0.2, -0.15) is 0 Å². The molecule has 1 unspecified atom stereocenters. The highest BCUT2D eigenvalue weighted by molar-refractivity contribution is 9.09. The van der Waals surface area contributed by atoms with Crippen molar-refractivity contribution in [2.75, 3.05) is 12.4 Å². The summed E-state index contributed by atoms with van der Waals surface area (Å²) < 4.78 is 5.33. The van der Waals surface area contributed by atoms with Gasteiger partial charge in [0.05, 0.1) is 7.11 Å². The first-order valence-electron chi connectivity index (χ1n) is 4.87. The highest BCUT2D eigenvalue weighted by Gasteiger charge is 2.07. The number of methoxy groups -OCH3 is 1. The van der Waals surface area contributed by atoms with E-state index in [1.165, 1.54) is 11.1 Å². The van der Waals surface area contributed by atoms with Gasteiger partial charge in [-0.15, -0.1) is 0 Å². The minimum atomic E-state index is 0.644. The zero-order chi connectivity index (χ0) is 10.6. The molecule has 0 aromatic heterocycles. The summed E-state index contributed by atoms with van der Waals surface area (Å²) in [4.78, 5) is 0. The normalized spacial score (nSPS) is 12.6. The molecule has 0 spiro atoms. The van der Waals surface area contributed by atoms with E-state index in [4.69, 9.17) is 4.74 Å². The molecule has 0 N–H and O–H groups in total. The lowest BCUT2D eigenvalue weighted by Crippen LogP contribution is -2.02. The zero-order valence-corrected chi connectivity index (χ0v) is 10.6. The van der Waals surface area contributed by atoms with Gasteiger partial charge in [-0.05, 0) is 30.9 Å². The molecule has 0 bridgehead atoms. The van der Waals surface area contributed by atoms with E-state index < -0.39 is 0 Å². The minimum absolute atomic E-state index is 0.644. The van der Waals surface area contributed by atoms with Gasteiger partial charge in [0.1, 0.15) is 5.75 Å². The SMILES string of the molecule is COc1ccc(C)cc1CC(C)CBr. The number of aryl methyl sites for hydroxylation is 1. The van der Waals surface area contributed by atoms with E-state index in [-0.39, 0.29) is 0 Å². The lowest BCUT2D eigenvalue weighted by atomic mass is 10.0. The van der Waals surface area contributed by atoms with Crippen LogP contribution in [-0.4, -0.2) is 12.4 Å². The van der Waals surface area contributed by atoms with Crippen LogP contribution in [0.3, 0.4) is 0 Å². The van der Waals surface area contributed by atoms with Crippen LogP contribution in [0, 0.1) is 12.8 Å². The van der Waals surface area contributed by atoms with Crippen molar-refractivity contribution in [1.29, 1.82) is 0 Å². The molecule has 0 saturated heterocycles. The van der Waals surface area contributed by atoms with Gasteiger partial charge in [0, 0.05) is 5.33 Å². The molecule has 0 aliphatic rings. The Balaban J connectivity index is 2.87. The zero-order valence-electron chi connectivity index (χ0n) is 9.01. The third kappa shape index (κ3) is 3.02. The van der Waals surface area contributed by atoms with Crippen molar-refractivity contribution in [1.82, 2.24) is 0 Å². The second-order valence-electron chi connectivity index (χ2n) is 3.78. The van der Waals surface area contributed by atoms with Gasteiger partial charge in [-0.25, -0.2) is 0 Å². The Morgan fingerprint density at radius 2 is 2.14 bits per heavy atom. The monoisotopic (exact) mass is 256 g/mol. The Bertz CT molecular complexity index is 296. The van der Waals surface area contributed by atoms with Crippen LogP contribution in [0.2, 0.25) is 0 Å². The lowest BCUT2D eigenvalue weighted by Gasteiger charge is -2.12. The van der Waals surface area contributed by atoms with Crippen molar-refractivity contribution < 1.29 is 4.74 Å². The van der Waals surface area contributed by atoms with Gasteiger partial charge in [0.15, 0.2) is 0 Å². The number of halogens is 1. The van der Waals surface area contributed by atoms with E-state index in [0.717, 1.165) is 17.5 Å². The summed E-state index contributed by atoms with van der Waals surface area (Å²) in [6.07, 6.45) is 1.07. The fraction of sp³-hybridized carbons (Fsp3) is 0.500. The Hall–Kier alpha value is -0.500. The van der Waals surface area contributed by atoms with Crippen molar-refractivity contribution in [2.24, 2.45) is 5.92 Å². The van der Waals surface area contributed by atoms with Crippen molar-refractivity contribution in [3.8, 4) is 5.75 Å². The Labute approximate surface area is 94.6 Å². The Kier molecular flexibility index (Phi) is 4.46. The van der Waals surface area contributed by atoms with Crippen LogP contribution in [-0.2, 0) is 6.42 Å². The number of hydrogen-bond acceptors (Lipinski definition) is 1. The molecule has 2 heteroatoms. The van der Waals surface area contributed by atoms with Gasteiger partial charge in [0.2, 0.25) is 0 Å². The van der Waals surface area contributed by atoms with Crippen LogP contribution in [0.1, 0.15) is 18.1 Å². The quantitative estimate of drug-likeness (QED) is 0.749. The molecule has 0 radical (unpaired) electrons. The second kappa shape index (κ2) is 5.40. The maximum Gasteiger partial charge on any atom is 0.122 e. The van der Waals surface area contributed by atoms with Gasteiger partial charge in [-0.1, -0.05) is 40.5 Å². The first kappa shape index (κ1) is 11.6. The largest absolute Gasteiger partial charge is 0.496 e. The third-order valence-corrected chi connectivity index (χ3v) is 3.37. The molecule has 1 atom stereocenters. The molecule has 1 rings (SSSR count). The molecule has 0 saturated carbocycles. The van der Waals surface area contributed by atoms with E-state index in [1.54, 1.807) is 7.11 Å². The molecule has 0 heterocycles. The van der Waals surface area contributed by atoms with Crippen LogP contribution in [0.5, 0.6) is 5.75 Å². The van der Waals surface area contributed by atoms with Crippen molar-refractivity contribution in [2.45, 2.75) is 20.3 Å². The number of alkyl halides is 1. The number of hydrogen-bond donors (Lipinski definition) is 0. The van der Waals surface area contributed by atoms with Crippen molar-refractivity contribution >= 4 is 15.9 Å². The van der Waals surface area contributed by atoms with Crippen LogP contribution >= 0.6 is 15.9 Å². The number of benzene rings is 1. The predicted octanol–water partition coefficient (Wildman–Crippen LogP) is 3.58. The summed E-state index contributed by atoms with van der Waals surface area (Å²) in [6, 6.07) is 6.34. The number of ether oxygens (including phenoxy) is 1. The molecule has 1 aromatic carbocycles. The second-order valence-corrected chi connectivity index (χ2v) is 4.43. The van der Waals surface area contributed by atoms with Crippen LogP contribution in [0.4, 0.5) is 0 Å². The molecule has 0 aliphatic carbocycles. The fourth-order valence-electron chi connectivity index (χ4n) is 1.50. The van der Waals surface area contributed by atoms with E-state index in [2.05, 4.69) is 41.9 Å². The fourth-order valence-corrected chi connectivity index (χ4v) is 1.73. The highest BCUT2D eigenvalue weighted by Crippen LogP contribution is 2.23. The average Bonchev–Trinajstić information content (AvgIpc) is 2.18. The maximum atomic E-state index is 5.33. The summed E-state index contributed by atoms with van der Waals surface area (Å²) in [7, 11) is 1.73. The smallest absolute Gasteiger partial charge is 0.122 e. The highest BCUT2D eigenvalue weighted by atomic mass is 79.9. The molecule has 78 valence electrons. The molecule has 0 fully saturated rings. The molecular weight excluding hydrogens is 240 g/mol. The number of rotatable bonds is 4. The average molecular weight is 257 g/mol. The van der Waals surface area contributed by atoms with Gasteiger partial charge >= 0.3 is 0 Å². The topological polar surface area (TPSA) is 9.23 Å². The molecule has 0 amide bonds. The Morgan fingerprint density at radius 3 is 2.71 bits per heavy atom. The molecule has 1 aromatic rings. The Morgan fingerprint density at radius 1 is 1.43 bits per heavy atom. The van der Waals surface area contributed by atoms with E-state index in [9.17, 15) is 0 Å². The van der Waals surface area contributed by atoms with Crippen LogP contribution in [0.15, 0.2) is 18.2 Å². The summed E-state index contributed by atoms with van der Waals surface area (Å²) in [5.74, 6) is 1.65. The van der Waals surface area contributed by atoms with E-state index in [0.29, 0.717) is 5.92 Å². The molecule has 0 aliphatic heterocycles. The standard InChI is InChI=1S/C12H17BrO/c1-9-4-5-12(14-3)11(6-9)7-10(2)8-13/h4-6,10H,7-8H2,1-3H3. The maximum absolute atomic E-state index is 5.33. The third-order valence-electron chi connectivity index (χ3n) is 2.27. The summed E-state index contributed by atoms with van der Waals surface area (Å²) in [5, 5.41) is 1.03. The van der Waals surface area contributed by atoms with Crippen LogP contribution < -0.4 is 4.74 Å². The van der Waals surface area contributed by atoms with Crippen LogP contribution in [0.25, 0.3) is 0 Å². The lowest BCUT2D eigenvalue weighted by molar-refractivity contribution is 0.407. The molecule has 14 heavy (non-hydrogen) atoms. The van der Waals surface area contributed by atoms with Gasteiger partial charge < -0.3 is 4.74 Å². The van der Waals surface area contributed by atoms with Gasteiger partial charge in [0.25, 0.3) is 0 Å². The first-order valence-corrected chi connectivity index (χ1v) is 5.99.